The lowest BCUT2D eigenvalue weighted by molar-refractivity contribution is 0.0992. The Bertz CT molecular complexity index is 415. The molecule has 0 radical (unpaired) electrons. The van der Waals surface area contributed by atoms with Crippen molar-refractivity contribution in [3.05, 3.63) is 23.8 Å². The zero-order valence-electron chi connectivity index (χ0n) is 12.0. The second-order valence-corrected chi connectivity index (χ2v) is 6.17. The van der Waals surface area contributed by atoms with E-state index in [2.05, 4.69) is 33.6 Å². The summed E-state index contributed by atoms with van der Waals surface area (Å²) in [6, 6.07) is 0.796. The molecule has 1 aromatic rings. The van der Waals surface area contributed by atoms with Gasteiger partial charge in [-0.3, -0.25) is 9.80 Å². The summed E-state index contributed by atoms with van der Waals surface area (Å²) in [5, 5.41) is 0. The van der Waals surface area contributed by atoms with Crippen molar-refractivity contribution >= 4 is 0 Å². The summed E-state index contributed by atoms with van der Waals surface area (Å²) < 4.78 is 0. The molecule has 2 aliphatic rings. The smallest absolute Gasteiger partial charge is 0.130 e. The lowest BCUT2D eigenvalue weighted by Crippen LogP contribution is -2.49. The van der Waals surface area contributed by atoms with E-state index in [-0.39, 0.29) is 0 Å². The maximum absolute atomic E-state index is 4.46. The molecule has 0 bridgehead atoms. The molecule has 3 rings (SSSR count). The summed E-state index contributed by atoms with van der Waals surface area (Å²) in [5.74, 6) is 1.36. The van der Waals surface area contributed by atoms with E-state index in [0.29, 0.717) is 5.92 Å². The van der Waals surface area contributed by atoms with Crippen LogP contribution >= 0.6 is 0 Å². The Hall–Kier alpha value is -1.00. The number of fused-ring (bicyclic) bond motifs is 1. The fraction of sp³-hybridized carbons (Fsp3) is 0.733. The maximum atomic E-state index is 4.46. The van der Waals surface area contributed by atoms with Crippen LogP contribution in [0, 0.1) is 0 Å². The molecule has 0 amide bonds. The monoisotopic (exact) mass is 260 g/mol. The van der Waals surface area contributed by atoms with Crippen molar-refractivity contribution in [2.24, 2.45) is 0 Å². The van der Waals surface area contributed by atoms with Crippen LogP contribution < -0.4 is 0 Å². The number of piperazine rings is 1. The fourth-order valence-electron chi connectivity index (χ4n) is 3.20. The van der Waals surface area contributed by atoms with Crippen molar-refractivity contribution in [2.75, 3.05) is 26.2 Å². The van der Waals surface area contributed by atoms with Crippen molar-refractivity contribution in [1.29, 1.82) is 0 Å². The maximum Gasteiger partial charge on any atom is 0.130 e. The highest BCUT2D eigenvalue weighted by molar-refractivity contribution is 5.07. The van der Waals surface area contributed by atoms with Gasteiger partial charge in [-0.15, -0.1) is 0 Å². The average molecular weight is 260 g/mol. The number of aromatic nitrogens is 2. The largest absolute Gasteiger partial charge is 0.298 e. The van der Waals surface area contributed by atoms with Crippen LogP contribution in [-0.2, 0) is 6.54 Å². The van der Waals surface area contributed by atoms with Crippen LogP contribution in [0.2, 0.25) is 0 Å². The van der Waals surface area contributed by atoms with E-state index in [1.807, 2.05) is 12.4 Å². The summed E-state index contributed by atoms with van der Waals surface area (Å²) in [6.07, 6.45) is 6.76. The van der Waals surface area contributed by atoms with Gasteiger partial charge in [-0.2, -0.15) is 0 Å². The first-order valence-electron chi connectivity index (χ1n) is 7.49. The normalized spacial score (nSPS) is 24.9. The second kappa shape index (κ2) is 5.55. The molecule has 104 valence electrons. The van der Waals surface area contributed by atoms with Crippen LogP contribution in [0.15, 0.2) is 12.4 Å². The van der Waals surface area contributed by atoms with Crippen LogP contribution in [0.3, 0.4) is 0 Å². The zero-order valence-corrected chi connectivity index (χ0v) is 12.0. The quantitative estimate of drug-likeness (QED) is 0.830. The highest BCUT2D eigenvalue weighted by Crippen LogP contribution is 2.22. The van der Waals surface area contributed by atoms with E-state index in [9.17, 15) is 0 Å². The third-order valence-corrected chi connectivity index (χ3v) is 4.32. The van der Waals surface area contributed by atoms with Crippen LogP contribution in [0.1, 0.15) is 44.0 Å². The number of rotatable bonds is 3. The molecule has 2 aliphatic heterocycles. The Morgan fingerprint density at radius 3 is 2.74 bits per heavy atom. The molecule has 0 aliphatic carbocycles. The molecule has 1 atom stereocenters. The molecule has 3 heterocycles. The molecule has 2 saturated heterocycles. The molecule has 0 spiro atoms. The predicted molar refractivity (Wildman–Crippen MR) is 76.0 cm³/mol. The highest BCUT2D eigenvalue weighted by Gasteiger charge is 2.30. The highest BCUT2D eigenvalue weighted by atomic mass is 15.3. The molecule has 4 heteroatoms. The van der Waals surface area contributed by atoms with E-state index in [0.717, 1.165) is 18.4 Å². The van der Waals surface area contributed by atoms with Gasteiger partial charge in [0.05, 0.1) is 0 Å². The van der Waals surface area contributed by atoms with Gasteiger partial charge in [-0.05, 0) is 19.4 Å². The molecular weight excluding hydrogens is 236 g/mol. The predicted octanol–water partition coefficient (Wildman–Crippen LogP) is 1.88. The van der Waals surface area contributed by atoms with Gasteiger partial charge in [0.15, 0.2) is 0 Å². The Balaban J connectivity index is 1.59. The van der Waals surface area contributed by atoms with E-state index in [1.54, 1.807) is 0 Å². The van der Waals surface area contributed by atoms with E-state index in [4.69, 9.17) is 0 Å². The van der Waals surface area contributed by atoms with E-state index >= 15 is 0 Å². The van der Waals surface area contributed by atoms with Gasteiger partial charge in [0.1, 0.15) is 5.82 Å². The third-order valence-electron chi connectivity index (χ3n) is 4.32. The molecule has 2 fully saturated rings. The fourth-order valence-corrected chi connectivity index (χ4v) is 3.20. The summed E-state index contributed by atoms with van der Waals surface area (Å²) >= 11 is 0. The minimum Gasteiger partial charge on any atom is -0.298 e. The first-order valence-corrected chi connectivity index (χ1v) is 7.49. The lowest BCUT2D eigenvalue weighted by atomic mass is 10.1. The third kappa shape index (κ3) is 2.95. The van der Waals surface area contributed by atoms with Gasteiger partial charge in [-0.25, -0.2) is 9.97 Å². The summed E-state index contributed by atoms with van der Waals surface area (Å²) in [6.45, 7) is 10.2. The van der Waals surface area contributed by atoms with Crippen molar-refractivity contribution in [3.63, 3.8) is 0 Å². The van der Waals surface area contributed by atoms with E-state index in [1.165, 1.54) is 44.6 Å². The minimum atomic E-state index is 0.413. The molecule has 1 aromatic heterocycles. The van der Waals surface area contributed by atoms with E-state index < -0.39 is 0 Å². The Morgan fingerprint density at radius 1 is 1.21 bits per heavy atom. The number of hydrogen-bond acceptors (Lipinski definition) is 4. The van der Waals surface area contributed by atoms with Gasteiger partial charge in [0.25, 0.3) is 0 Å². The number of hydrogen-bond donors (Lipinski definition) is 0. The Morgan fingerprint density at radius 2 is 2.00 bits per heavy atom. The van der Waals surface area contributed by atoms with Gasteiger partial charge in [0, 0.05) is 56.1 Å². The summed E-state index contributed by atoms with van der Waals surface area (Å²) in [4.78, 5) is 14.1. The van der Waals surface area contributed by atoms with Crippen LogP contribution in [0.5, 0.6) is 0 Å². The van der Waals surface area contributed by atoms with Crippen molar-refractivity contribution in [2.45, 2.75) is 45.2 Å². The van der Waals surface area contributed by atoms with Gasteiger partial charge in [0.2, 0.25) is 0 Å². The van der Waals surface area contributed by atoms with Crippen LogP contribution in [0.25, 0.3) is 0 Å². The molecule has 0 N–H and O–H groups in total. The molecular formula is C15H24N4. The molecule has 19 heavy (non-hydrogen) atoms. The van der Waals surface area contributed by atoms with Crippen molar-refractivity contribution < 1.29 is 0 Å². The van der Waals surface area contributed by atoms with Crippen LogP contribution in [0.4, 0.5) is 0 Å². The van der Waals surface area contributed by atoms with Crippen molar-refractivity contribution in [1.82, 2.24) is 19.8 Å². The standard InChI is InChI=1S/C15H24N4/c1-12(2)15-16-8-13(9-17-15)10-18-6-7-19-5-3-4-14(19)11-18/h8-9,12,14H,3-7,10-11H2,1-2H3. The van der Waals surface area contributed by atoms with Gasteiger partial charge in [-0.1, -0.05) is 13.8 Å². The van der Waals surface area contributed by atoms with Crippen molar-refractivity contribution in [3.8, 4) is 0 Å². The molecule has 1 unspecified atom stereocenters. The average Bonchev–Trinajstić information content (AvgIpc) is 2.87. The van der Waals surface area contributed by atoms with Gasteiger partial charge < -0.3 is 0 Å². The molecule has 4 nitrogen and oxygen atoms in total. The van der Waals surface area contributed by atoms with Gasteiger partial charge >= 0.3 is 0 Å². The minimum absolute atomic E-state index is 0.413. The first kappa shape index (κ1) is 13.0. The summed E-state index contributed by atoms with van der Waals surface area (Å²) in [7, 11) is 0. The summed E-state index contributed by atoms with van der Waals surface area (Å²) in [5.41, 5.74) is 1.25. The molecule has 0 aromatic carbocycles. The second-order valence-electron chi connectivity index (χ2n) is 6.17. The number of nitrogens with zero attached hydrogens (tertiary/aromatic N) is 4. The lowest BCUT2D eigenvalue weighted by Gasteiger charge is -2.37. The SMILES string of the molecule is CC(C)c1ncc(CN2CCN3CCCC3C2)cn1. The Kier molecular flexibility index (Phi) is 3.80. The molecule has 0 saturated carbocycles. The first-order chi connectivity index (χ1) is 9.22. The zero-order chi connectivity index (χ0) is 13.2. The topological polar surface area (TPSA) is 32.3 Å². The Labute approximate surface area is 115 Å². The van der Waals surface area contributed by atoms with Crippen LogP contribution in [-0.4, -0.2) is 52.0 Å².